The van der Waals surface area contributed by atoms with E-state index >= 15 is 0 Å². The van der Waals surface area contributed by atoms with Gasteiger partial charge in [-0.2, -0.15) is 0 Å². The molecular weight excluding hydrogens is 324 g/mol. The molecule has 26 heavy (non-hydrogen) atoms. The van der Waals surface area contributed by atoms with Crippen molar-refractivity contribution in [2.24, 2.45) is 11.3 Å². The van der Waals surface area contributed by atoms with E-state index in [4.69, 9.17) is 4.74 Å². The van der Waals surface area contributed by atoms with E-state index < -0.39 is 0 Å². The van der Waals surface area contributed by atoms with Gasteiger partial charge in [0, 0.05) is 14.2 Å². The molecule has 0 aliphatic rings. The van der Waals surface area contributed by atoms with Crippen molar-refractivity contribution in [1.29, 1.82) is 0 Å². The molecule has 0 saturated heterocycles. The first-order chi connectivity index (χ1) is 12.3. The molecule has 148 valence electrons. The van der Waals surface area contributed by atoms with Gasteiger partial charge in [0.25, 0.3) is 0 Å². The number of carbonyl (C=O) groups excluding carboxylic acids is 1. The number of fused-ring (bicyclic) bond motifs is 1. The highest BCUT2D eigenvalue weighted by Crippen LogP contribution is 2.27. The number of rotatable bonds is 3. The van der Waals surface area contributed by atoms with Gasteiger partial charge in [-0.15, -0.1) is 0 Å². The van der Waals surface area contributed by atoms with Gasteiger partial charge >= 0.3 is 5.97 Å². The van der Waals surface area contributed by atoms with Crippen LogP contribution in [-0.4, -0.2) is 26.8 Å². The van der Waals surface area contributed by atoms with Gasteiger partial charge < -0.3 is 9.47 Å². The van der Waals surface area contributed by atoms with Gasteiger partial charge in [-0.25, -0.2) is 0 Å². The SMILES string of the molecule is CC.CCOC(=O)C(C)(C)C(C)C.COC.c1ccc2ccccc2c1. The largest absolute Gasteiger partial charge is 0.466 e. The minimum Gasteiger partial charge on any atom is -0.466 e. The van der Waals surface area contributed by atoms with Crippen LogP contribution < -0.4 is 0 Å². The van der Waals surface area contributed by atoms with E-state index in [-0.39, 0.29) is 11.4 Å². The zero-order valence-electron chi connectivity index (χ0n) is 18.1. The quantitative estimate of drug-likeness (QED) is 0.596. The second kappa shape index (κ2) is 15.4. The summed E-state index contributed by atoms with van der Waals surface area (Å²) < 4.78 is 9.18. The lowest BCUT2D eigenvalue weighted by Crippen LogP contribution is -2.31. The molecule has 2 aromatic rings. The molecule has 0 aliphatic heterocycles. The van der Waals surface area contributed by atoms with Crippen LogP contribution in [0.4, 0.5) is 0 Å². The van der Waals surface area contributed by atoms with Crippen molar-refractivity contribution in [3.05, 3.63) is 48.5 Å². The number of carbonyl (C=O) groups is 1. The lowest BCUT2D eigenvalue weighted by atomic mass is 9.81. The molecule has 0 amide bonds. The van der Waals surface area contributed by atoms with Gasteiger partial charge in [0.05, 0.1) is 12.0 Å². The Labute approximate surface area is 160 Å². The Morgan fingerprint density at radius 3 is 1.46 bits per heavy atom. The first kappa shape index (κ1) is 26.4. The highest BCUT2D eigenvalue weighted by Gasteiger charge is 2.32. The minimum absolute atomic E-state index is 0.102. The standard InChI is InChI=1S/C10H8.C9H18O2.C2H6O.C2H6/c1-2-6-10-8-4-3-7-9(10)5-1;1-6-11-8(10)9(4,5)7(2)3;1-3-2;1-2/h1-8H;7H,6H2,1-5H3;1-2H3;1-2H3. The number of ether oxygens (including phenoxy) is 2. The molecular formula is C23H38O3. The van der Waals surface area contributed by atoms with Gasteiger partial charge in [0.2, 0.25) is 0 Å². The highest BCUT2D eigenvalue weighted by atomic mass is 16.5. The Bertz CT molecular complexity index is 523. The maximum atomic E-state index is 11.3. The van der Waals surface area contributed by atoms with Crippen molar-refractivity contribution in [2.75, 3.05) is 20.8 Å². The maximum Gasteiger partial charge on any atom is 0.311 e. The van der Waals surface area contributed by atoms with Crippen LogP contribution in [0.25, 0.3) is 10.8 Å². The normalized spacial score (nSPS) is 9.77. The summed E-state index contributed by atoms with van der Waals surface area (Å²) in [4.78, 5) is 11.3. The van der Waals surface area contributed by atoms with Crippen LogP contribution in [0, 0.1) is 11.3 Å². The molecule has 2 rings (SSSR count). The van der Waals surface area contributed by atoms with Crippen molar-refractivity contribution < 1.29 is 14.3 Å². The molecule has 0 radical (unpaired) electrons. The summed E-state index contributed by atoms with van der Waals surface area (Å²) in [6.45, 7) is 14.2. The van der Waals surface area contributed by atoms with E-state index in [0.717, 1.165) is 0 Å². The molecule has 0 spiro atoms. The Morgan fingerprint density at radius 2 is 1.23 bits per heavy atom. The molecule has 0 bridgehead atoms. The second-order valence-electron chi connectivity index (χ2n) is 6.35. The highest BCUT2D eigenvalue weighted by molar-refractivity contribution is 5.82. The Morgan fingerprint density at radius 1 is 0.923 bits per heavy atom. The van der Waals surface area contributed by atoms with E-state index in [2.05, 4.69) is 53.3 Å². The van der Waals surface area contributed by atoms with E-state index in [1.54, 1.807) is 14.2 Å². The zero-order chi connectivity index (χ0) is 20.6. The molecule has 0 heterocycles. The smallest absolute Gasteiger partial charge is 0.311 e. The van der Waals surface area contributed by atoms with Crippen LogP contribution in [0.3, 0.4) is 0 Å². The summed E-state index contributed by atoms with van der Waals surface area (Å²) in [6.07, 6.45) is 0. The van der Waals surface area contributed by atoms with Gasteiger partial charge in [0.15, 0.2) is 0 Å². The van der Waals surface area contributed by atoms with Crippen molar-refractivity contribution in [3.8, 4) is 0 Å². The summed E-state index contributed by atoms with van der Waals surface area (Å²) >= 11 is 0. The summed E-state index contributed by atoms with van der Waals surface area (Å²) in [5.41, 5.74) is -0.351. The number of esters is 1. The van der Waals surface area contributed by atoms with Crippen LogP contribution in [0.1, 0.15) is 48.5 Å². The molecule has 3 nitrogen and oxygen atoms in total. The van der Waals surface area contributed by atoms with Gasteiger partial charge in [-0.1, -0.05) is 76.2 Å². The summed E-state index contributed by atoms with van der Waals surface area (Å²) in [5, 5.41) is 2.62. The summed E-state index contributed by atoms with van der Waals surface area (Å²) in [5.74, 6) is 0.219. The third-order valence-electron chi connectivity index (χ3n) is 3.90. The Hall–Kier alpha value is -1.87. The third-order valence-corrected chi connectivity index (χ3v) is 3.90. The fourth-order valence-corrected chi connectivity index (χ4v) is 1.69. The van der Waals surface area contributed by atoms with Crippen LogP contribution in [0.15, 0.2) is 48.5 Å². The lowest BCUT2D eigenvalue weighted by Gasteiger charge is -2.26. The van der Waals surface area contributed by atoms with E-state index in [9.17, 15) is 4.79 Å². The van der Waals surface area contributed by atoms with Gasteiger partial charge in [-0.3, -0.25) is 4.79 Å². The second-order valence-corrected chi connectivity index (χ2v) is 6.35. The van der Waals surface area contributed by atoms with Crippen molar-refractivity contribution in [2.45, 2.75) is 48.5 Å². The number of methoxy groups -OCH3 is 1. The zero-order valence-corrected chi connectivity index (χ0v) is 18.1. The van der Waals surface area contributed by atoms with Crippen LogP contribution >= 0.6 is 0 Å². The first-order valence-corrected chi connectivity index (χ1v) is 9.32. The Kier molecular flexibility index (Phi) is 15.6. The number of hydrogen-bond acceptors (Lipinski definition) is 3. The van der Waals surface area contributed by atoms with E-state index in [1.165, 1.54) is 10.8 Å². The molecule has 0 aromatic heterocycles. The maximum absolute atomic E-state index is 11.3. The monoisotopic (exact) mass is 362 g/mol. The average Bonchev–Trinajstić information content (AvgIpc) is 2.65. The number of benzene rings is 2. The van der Waals surface area contributed by atoms with Crippen molar-refractivity contribution in [3.63, 3.8) is 0 Å². The average molecular weight is 363 g/mol. The van der Waals surface area contributed by atoms with Crippen molar-refractivity contribution in [1.82, 2.24) is 0 Å². The predicted octanol–water partition coefficient (Wildman–Crippen LogP) is 6.36. The number of hydrogen-bond donors (Lipinski definition) is 0. The fourth-order valence-electron chi connectivity index (χ4n) is 1.69. The van der Waals surface area contributed by atoms with E-state index in [0.29, 0.717) is 12.5 Å². The van der Waals surface area contributed by atoms with Gasteiger partial charge in [-0.05, 0) is 37.5 Å². The molecule has 0 atom stereocenters. The van der Waals surface area contributed by atoms with Crippen LogP contribution in [-0.2, 0) is 14.3 Å². The molecule has 2 aromatic carbocycles. The molecule has 3 heteroatoms. The van der Waals surface area contributed by atoms with Crippen LogP contribution in [0.5, 0.6) is 0 Å². The topological polar surface area (TPSA) is 35.5 Å². The molecule has 0 unspecified atom stereocenters. The van der Waals surface area contributed by atoms with Crippen molar-refractivity contribution >= 4 is 16.7 Å². The van der Waals surface area contributed by atoms with E-state index in [1.807, 2.05) is 48.5 Å². The summed E-state index contributed by atoms with van der Waals surface area (Å²) in [7, 11) is 3.25. The molecule has 0 aliphatic carbocycles. The molecule has 0 N–H and O–H groups in total. The van der Waals surface area contributed by atoms with Gasteiger partial charge in [0.1, 0.15) is 0 Å². The fraction of sp³-hybridized carbons (Fsp3) is 0.522. The molecule has 0 saturated carbocycles. The first-order valence-electron chi connectivity index (χ1n) is 9.32. The summed E-state index contributed by atoms with van der Waals surface area (Å²) in [6, 6.07) is 16.7. The molecule has 0 fully saturated rings. The lowest BCUT2D eigenvalue weighted by molar-refractivity contribution is -0.155. The minimum atomic E-state index is -0.351. The predicted molar refractivity (Wildman–Crippen MR) is 113 cm³/mol. The third kappa shape index (κ3) is 10.2. The Balaban J connectivity index is 0. The van der Waals surface area contributed by atoms with Crippen LogP contribution in [0.2, 0.25) is 0 Å².